The van der Waals surface area contributed by atoms with Crippen molar-refractivity contribution in [3.8, 4) is 0 Å². The van der Waals surface area contributed by atoms with Crippen molar-refractivity contribution in [1.82, 2.24) is 5.32 Å². The third-order valence-corrected chi connectivity index (χ3v) is 3.56. The molecule has 0 aromatic rings. The van der Waals surface area contributed by atoms with Gasteiger partial charge in [-0.05, 0) is 65.0 Å². The van der Waals surface area contributed by atoms with Gasteiger partial charge in [0.25, 0.3) is 5.91 Å². The number of hydrogen-bond acceptors (Lipinski definition) is 4. The van der Waals surface area contributed by atoms with Crippen LogP contribution in [0.15, 0.2) is 40.6 Å². The second-order valence-corrected chi connectivity index (χ2v) is 7.62. The highest BCUT2D eigenvalue weighted by molar-refractivity contribution is 6.06. The van der Waals surface area contributed by atoms with Crippen molar-refractivity contribution in [2.24, 2.45) is 16.6 Å². The van der Waals surface area contributed by atoms with Crippen molar-refractivity contribution in [3.63, 3.8) is 0 Å². The van der Waals surface area contributed by atoms with E-state index < -0.39 is 17.6 Å². The molecule has 156 valence electrons. The number of ether oxygens (including phenoxy) is 2. The van der Waals surface area contributed by atoms with E-state index in [1.165, 1.54) is 12.8 Å². The molecule has 3 N–H and O–H groups in total. The minimum atomic E-state index is -0.680. The molecule has 0 bridgehead atoms. The maximum atomic E-state index is 12.0. The van der Waals surface area contributed by atoms with E-state index in [2.05, 4.69) is 10.3 Å². The number of nitrogens with two attached hydrogens (primary N) is 1. The normalized spacial score (nSPS) is 16.2. The molecule has 0 atom stereocenters. The maximum Gasteiger partial charge on any atom is 0.408 e. The number of aliphatic imine (C=N–C) groups is 1. The van der Waals surface area contributed by atoms with Gasteiger partial charge >= 0.3 is 6.09 Å². The van der Waals surface area contributed by atoms with E-state index in [4.69, 9.17) is 15.2 Å². The molecule has 7 heteroatoms. The van der Waals surface area contributed by atoms with Gasteiger partial charge in [-0.25, -0.2) is 4.79 Å². The number of alkyl carbamates (subject to hydrolysis) is 1. The largest absolute Gasteiger partial charge is 0.494 e. The van der Waals surface area contributed by atoms with Crippen molar-refractivity contribution < 1.29 is 19.1 Å². The molecule has 0 unspecified atom stereocenters. The topological polar surface area (TPSA) is 103 Å². The first-order chi connectivity index (χ1) is 13.1. The van der Waals surface area contributed by atoms with Crippen LogP contribution in [0.1, 0.15) is 53.9 Å². The third-order valence-electron chi connectivity index (χ3n) is 3.56. The monoisotopic (exact) mass is 391 g/mol. The van der Waals surface area contributed by atoms with E-state index in [1.807, 2.05) is 26.0 Å². The number of amides is 2. The summed E-state index contributed by atoms with van der Waals surface area (Å²) in [6.07, 6.45) is 9.85. The zero-order chi connectivity index (χ0) is 21.2. The second-order valence-electron chi connectivity index (χ2n) is 7.62. The van der Waals surface area contributed by atoms with E-state index in [9.17, 15) is 9.59 Å². The Balaban J connectivity index is 2.77. The van der Waals surface area contributed by atoms with Crippen LogP contribution in [-0.4, -0.2) is 36.6 Å². The molecule has 0 aromatic carbocycles. The Morgan fingerprint density at radius 3 is 2.50 bits per heavy atom. The molecule has 28 heavy (non-hydrogen) atoms. The van der Waals surface area contributed by atoms with Crippen molar-refractivity contribution in [1.29, 1.82) is 0 Å². The maximum absolute atomic E-state index is 12.0. The van der Waals surface area contributed by atoms with Gasteiger partial charge in [-0.1, -0.05) is 19.1 Å². The summed E-state index contributed by atoms with van der Waals surface area (Å²) in [7, 11) is 0. The number of rotatable bonds is 9. The summed E-state index contributed by atoms with van der Waals surface area (Å²) in [6, 6.07) is 0. The average Bonchev–Trinajstić information content (AvgIpc) is 3.40. The first-order valence-corrected chi connectivity index (χ1v) is 9.66. The highest BCUT2D eigenvalue weighted by atomic mass is 16.6. The average molecular weight is 392 g/mol. The van der Waals surface area contributed by atoms with Gasteiger partial charge in [0, 0.05) is 5.57 Å². The Morgan fingerprint density at radius 2 is 1.96 bits per heavy atom. The molecule has 0 aliphatic heterocycles. The summed E-state index contributed by atoms with van der Waals surface area (Å²) in [6.45, 7) is 9.48. The van der Waals surface area contributed by atoms with Crippen molar-refractivity contribution in [3.05, 3.63) is 35.6 Å². The van der Waals surface area contributed by atoms with Gasteiger partial charge in [0.15, 0.2) is 0 Å². The first kappa shape index (κ1) is 23.5. The summed E-state index contributed by atoms with van der Waals surface area (Å²) < 4.78 is 10.9. The fourth-order valence-electron chi connectivity index (χ4n) is 2.10. The molecule has 1 rings (SSSR count). The van der Waals surface area contributed by atoms with Gasteiger partial charge in [0.1, 0.15) is 23.7 Å². The number of hydrogen-bond donors (Lipinski definition) is 2. The fraction of sp³-hybridized carbons (Fsp3) is 0.571. The van der Waals surface area contributed by atoms with Crippen LogP contribution in [0.5, 0.6) is 0 Å². The lowest BCUT2D eigenvalue weighted by molar-refractivity contribution is -0.117. The first-order valence-electron chi connectivity index (χ1n) is 9.66. The molecule has 7 nitrogen and oxygen atoms in total. The SMILES string of the molecule is C\C=C/C(=C\C(=C\CC)OCC1CC1)C(N)=NC(=O)CNC(=O)OC(C)(C)C. The van der Waals surface area contributed by atoms with Crippen LogP contribution < -0.4 is 11.1 Å². The standard InChI is InChI=1S/C21H33N3O4/c1-6-8-16(12-17(9-7-2)27-14-15-10-11-15)19(22)24-18(25)13-23-20(26)28-21(3,4)5/h6,8-9,12,15H,7,10-11,13-14H2,1-5H3,(H,23,26)(H2,22,24,25)/b8-6-,16-12+,17-9-. The van der Waals surface area contributed by atoms with E-state index in [1.54, 1.807) is 32.9 Å². The molecule has 1 fully saturated rings. The van der Waals surface area contributed by atoms with Crippen LogP contribution in [0.4, 0.5) is 4.79 Å². The highest BCUT2D eigenvalue weighted by Crippen LogP contribution is 2.29. The van der Waals surface area contributed by atoms with E-state index in [-0.39, 0.29) is 12.4 Å². The minimum absolute atomic E-state index is 0.0612. The van der Waals surface area contributed by atoms with Gasteiger partial charge in [0.2, 0.25) is 0 Å². The summed E-state index contributed by atoms with van der Waals surface area (Å²) in [5, 5.41) is 2.37. The van der Waals surface area contributed by atoms with Crippen LogP contribution in [0, 0.1) is 5.92 Å². The molecule has 0 spiro atoms. The molecule has 1 saturated carbocycles. The molecule has 2 amide bonds. The number of nitrogens with one attached hydrogen (secondary N) is 1. The van der Waals surface area contributed by atoms with Gasteiger partial charge in [-0.2, -0.15) is 4.99 Å². The van der Waals surface area contributed by atoms with Gasteiger partial charge in [-0.3, -0.25) is 4.79 Å². The molecule has 1 aliphatic carbocycles. The van der Waals surface area contributed by atoms with Gasteiger partial charge < -0.3 is 20.5 Å². The lowest BCUT2D eigenvalue weighted by Crippen LogP contribution is -2.35. The molecular formula is C21H33N3O4. The van der Waals surface area contributed by atoms with E-state index in [0.717, 1.165) is 6.42 Å². The number of nitrogens with zero attached hydrogens (tertiary/aromatic N) is 1. The fourth-order valence-corrected chi connectivity index (χ4v) is 2.10. The summed E-state index contributed by atoms with van der Waals surface area (Å²) in [5.41, 5.74) is 5.94. The number of allylic oxidation sites excluding steroid dienone is 3. The van der Waals surface area contributed by atoms with Crippen LogP contribution in [-0.2, 0) is 14.3 Å². The molecular weight excluding hydrogens is 358 g/mol. The molecule has 0 saturated heterocycles. The predicted octanol–water partition coefficient (Wildman–Crippen LogP) is 3.62. The Kier molecular flexibility index (Phi) is 9.48. The van der Waals surface area contributed by atoms with Crippen LogP contribution >= 0.6 is 0 Å². The number of carbonyl (C=O) groups is 2. The van der Waals surface area contributed by atoms with E-state index in [0.29, 0.717) is 23.9 Å². The Bertz CT molecular complexity index is 666. The third kappa shape index (κ3) is 10.5. The van der Waals surface area contributed by atoms with Crippen molar-refractivity contribution >= 4 is 17.8 Å². The highest BCUT2D eigenvalue weighted by Gasteiger charge is 2.22. The molecule has 0 aromatic heterocycles. The zero-order valence-electron chi connectivity index (χ0n) is 17.6. The van der Waals surface area contributed by atoms with Crippen LogP contribution in [0.25, 0.3) is 0 Å². The van der Waals surface area contributed by atoms with Gasteiger partial charge in [0.05, 0.1) is 6.61 Å². The van der Waals surface area contributed by atoms with Crippen LogP contribution in [0.2, 0.25) is 0 Å². The zero-order valence-corrected chi connectivity index (χ0v) is 17.6. The number of amidine groups is 1. The molecule has 1 aliphatic rings. The van der Waals surface area contributed by atoms with Crippen molar-refractivity contribution in [2.45, 2.75) is 59.5 Å². The minimum Gasteiger partial charge on any atom is -0.494 e. The Hall–Kier alpha value is -2.57. The van der Waals surface area contributed by atoms with E-state index >= 15 is 0 Å². The summed E-state index contributed by atoms with van der Waals surface area (Å²) in [4.78, 5) is 27.5. The number of carbonyl (C=O) groups excluding carboxylic acids is 2. The Labute approximate surface area is 167 Å². The predicted molar refractivity (Wildman–Crippen MR) is 111 cm³/mol. The smallest absolute Gasteiger partial charge is 0.408 e. The molecule has 0 radical (unpaired) electrons. The lowest BCUT2D eigenvalue weighted by atomic mass is 10.2. The van der Waals surface area contributed by atoms with Crippen molar-refractivity contribution in [2.75, 3.05) is 13.2 Å². The lowest BCUT2D eigenvalue weighted by Gasteiger charge is -2.19. The second kappa shape index (κ2) is 11.3. The quantitative estimate of drug-likeness (QED) is 0.270. The summed E-state index contributed by atoms with van der Waals surface area (Å²) >= 11 is 0. The van der Waals surface area contributed by atoms with Gasteiger partial charge in [-0.15, -0.1) is 0 Å². The Morgan fingerprint density at radius 1 is 1.29 bits per heavy atom. The summed E-state index contributed by atoms with van der Waals surface area (Å²) in [5.74, 6) is 0.829. The van der Waals surface area contributed by atoms with Crippen LogP contribution in [0.3, 0.4) is 0 Å². The molecule has 0 heterocycles.